The molecule has 0 saturated carbocycles. The molecule has 0 aromatic heterocycles. The van der Waals surface area contributed by atoms with Gasteiger partial charge in [0, 0.05) is 7.05 Å². The fourth-order valence-electron chi connectivity index (χ4n) is 2.84. The molecule has 0 N–H and O–H groups in total. The van der Waals surface area contributed by atoms with E-state index in [1.165, 1.54) is 16.7 Å². The van der Waals surface area contributed by atoms with Crippen molar-refractivity contribution in [3.8, 4) is 11.5 Å². The van der Waals surface area contributed by atoms with E-state index in [2.05, 4.69) is 11.6 Å². The number of rotatable bonds is 8. The van der Waals surface area contributed by atoms with E-state index in [-0.39, 0.29) is 11.9 Å². The average Bonchev–Trinajstić information content (AvgIpc) is 3.06. The molecule has 1 amide bonds. The number of amides is 1. The maximum absolute atomic E-state index is 12.7. The van der Waals surface area contributed by atoms with Crippen LogP contribution in [0.5, 0.6) is 11.5 Å². The van der Waals surface area contributed by atoms with E-state index in [1.54, 1.807) is 63.6 Å². The van der Waals surface area contributed by atoms with Gasteiger partial charge >= 0.3 is 5.97 Å². The van der Waals surface area contributed by atoms with E-state index < -0.39 is 0 Å². The summed E-state index contributed by atoms with van der Waals surface area (Å²) < 4.78 is 15.9. The summed E-state index contributed by atoms with van der Waals surface area (Å²) in [6, 6.07) is 12.2. The predicted octanol–water partition coefficient (Wildman–Crippen LogP) is 4.67. The van der Waals surface area contributed by atoms with Gasteiger partial charge in [-0.3, -0.25) is 9.69 Å². The van der Waals surface area contributed by atoms with Crippen molar-refractivity contribution in [3.63, 3.8) is 0 Å². The van der Waals surface area contributed by atoms with Gasteiger partial charge in [-0.2, -0.15) is 0 Å². The molecule has 1 fully saturated rings. The number of carbonyl (C=O) groups is 2. The summed E-state index contributed by atoms with van der Waals surface area (Å²) in [7, 11) is 3.24. The summed E-state index contributed by atoms with van der Waals surface area (Å²) in [5.41, 5.74) is 1.89. The largest absolute Gasteiger partial charge is 0.493 e. The lowest BCUT2D eigenvalue weighted by atomic mass is 10.2. The van der Waals surface area contributed by atoms with Crippen molar-refractivity contribution >= 4 is 40.6 Å². The number of carbonyl (C=O) groups excluding carboxylic acids is 2. The molecule has 0 spiro atoms. The second kappa shape index (κ2) is 10.7. The Morgan fingerprint density at radius 1 is 1.19 bits per heavy atom. The number of nitrogens with zero attached hydrogens (tertiary/aromatic N) is 2. The molecule has 2 aromatic carbocycles. The number of esters is 1. The Morgan fingerprint density at radius 3 is 2.59 bits per heavy atom. The standard InChI is InChI=1S/C24H24N2O5S/c1-5-13-31-19-12-7-16(14-20(19)29-4)15-21-22(27)26(3)24(32-21)25-18-10-8-17(9-11-18)23(28)30-6-2/h5,7-12,14-15H,1,6,13H2,2-4H3/b21-15-,25-24?. The lowest BCUT2D eigenvalue weighted by Crippen LogP contribution is -2.23. The van der Waals surface area contributed by atoms with E-state index in [0.29, 0.717) is 46.0 Å². The van der Waals surface area contributed by atoms with Crippen LogP contribution in [0.1, 0.15) is 22.8 Å². The van der Waals surface area contributed by atoms with Crippen LogP contribution >= 0.6 is 11.8 Å². The molecule has 32 heavy (non-hydrogen) atoms. The number of methoxy groups -OCH3 is 1. The monoisotopic (exact) mass is 452 g/mol. The van der Waals surface area contributed by atoms with Crippen LogP contribution in [0.4, 0.5) is 5.69 Å². The minimum absolute atomic E-state index is 0.150. The van der Waals surface area contributed by atoms with Gasteiger partial charge in [-0.25, -0.2) is 9.79 Å². The van der Waals surface area contributed by atoms with E-state index in [4.69, 9.17) is 14.2 Å². The SMILES string of the molecule is C=CCOc1ccc(/C=C2\SC(=Nc3ccc(C(=O)OCC)cc3)N(C)C2=O)cc1OC. The number of hydrogen-bond donors (Lipinski definition) is 0. The van der Waals surface area contributed by atoms with Gasteiger partial charge in [0.2, 0.25) is 0 Å². The molecule has 1 saturated heterocycles. The van der Waals surface area contributed by atoms with Crippen molar-refractivity contribution in [1.29, 1.82) is 0 Å². The van der Waals surface area contributed by atoms with Gasteiger partial charge in [0.15, 0.2) is 16.7 Å². The highest BCUT2D eigenvalue weighted by Crippen LogP contribution is 2.35. The first kappa shape index (κ1) is 23.1. The van der Waals surface area contributed by atoms with E-state index >= 15 is 0 Å². The van der Waals surface area contributed by atoms with Gasteiger partial charge < -0.3 is 14.2 Å². The van der Waals surface area contributed by atoms with Crippen LogP contribution in [0, 0.1) is 0 Å². The third kappa shape index (κ3) is 5.39. The quantitative estimate of drug-likeness (QED) is 0.329. The Kier molecular flexibility index (Phi) is 7.72. The topological polar surface area (TPSA) is 77.4 Å². The molecule has 1 heterocycles. The van der Waals surface area contributed by atoms with Crippen LogP contribution in [0.2, 0.25) is 0 Å². The van der Waals surface area contributed by atoms with Crippen molar-refractivity contribution in [2.45, 2.75) is 6.92 Å². The van der Waals surface area contributed by atoms with Crippen molar-refractivity contribution < 1.29 is 23.8 Å². The lowest BCUT2D eigenvalue weighted by Gasteiger charge is -2.10. The van der Waals surface area contributed by atoms with Crippen LogP contribution in [-0.4, -0.2) is 49.3 Å². The maximum atomic E-state index is 12.7. The number of thioether (sulfide) groups is 1. The van der Waals surface area contributed by atoms with Gasteiger partial charge in [0.25, 0.3) is 5.91 Å². The zero-order chi connectivity index (χ0) is 23.1. The summed E-state index contributed by atoms with van der Waals surface area (Å²) in [6.07, 6.45) is 3.44. The fourth-order valence-corrected chi connectivity index (χ4v) is 3.83. The number of aliphatic imine (C=N–C) groups is 1. The molecule has 1 aliphatic rings. The van der Waals surface area contributed by atoms with Gasteiger partial charge in [0.05, 0.1) is 29.9 Å². The fraction of sp³-hybridized carbons (Fsp3) is 0.208. The molecule has 1 aliphatic heterocycles. The van der Waals surface area contributed by atoms with Crippen LogP contribution in [0.25, 0.3) is 6.08 Å². The molecular formula is C24H24N2O5S. The zero-order valence-corrected chi connectivity index (χ0v) is 19.0. The highest BCUT2D eigenvalue weighted by Gasteiger charge is 2.30. The zero-order valence-electron chi connectivity index (χ0n) is 18.2. The maximum Gasteiger partial charge on any atom is 0.338 e. The van der Waals surface area contributed by atoms with E-state index in [9.17, 15) is 9.59 Å². The first-order valence-corrected chi connectivity index (χ1v) is 10.7. The molecule has 2 aromatic rings. The molecule has 0 atom stereocenters. The third-order valence-corrected chi connectivity index (χ3v) is 5.51. The highest BCUT2D eigenvalue weighted by atomic mass is 32.2. The van der Waals surface area contributed by atoms with Gasteiger partial charge in [0.1, 0.15) is 6.61 Å². The molecule has 8 heteroatoms. The van der Waals surface area contributed by atoms with Crippen LogP contribution < -0.4 is 9.47 Å². The Balaban J connectivity index is 1.80. The van der Waals surface area contributed by atoms with Crippen molar-refractivity contribution in [2.24, 2.45) is 4.99 Å². The van der Waals surface area contributed by atoms with E-state index in [1.807, 2.05) is 12.1 Å². The Labute approximate surface area is 191 Å². The lowest BCUT2D eigenvalue weighted by molar-refractivity contribution is -0.121. The van der Waals surface area contributed by atoms with Gasteiger partial charge in [-0.05, 0) is 66.7 Å². The molecule has 3 rings (SSSR count). The van der Waals surface area contributed by atoms with Gasteiger partial charge in [-0.1, -0.05) is 18.7 Å². The minimum atomic E-state index is -0.379. The first-order valence-electron chi connectivity index (χ1n) is 9.92. The predicted molar refractivity (Wildman–Crippen MR) is 127 cm³/mol. The summed E-state index contributed by atoms with van der Waals surface area (Å²) in [4.78, 5) is 31.1. The summed E-state index contributed by atoms with van der Waals surface area (Å²) in [5, 5.41) is 0.544. The number of likely N-dealkylation sites (N-methyl/N-ethyl adjacent to an activating group) is 1. The van der Waals surface area contributed by atoms with Gasteiger partial charge in [-0.15, -0.1) is 0 Å². The molecular weight excluding hydrogens is 428 g/mol. The molecule has 7 nitrogen and oxygen atoms in total. The number of ether oxygens (including phenoxy) is 3. The number of amidine groups is 1. The second-order valence-corrected chi connectivity index (χ2v) is 7.66. The normalized spacial score (nSPS) is 15.8. The minimum Gasteiger partial charge on any atom is -0.493 e. The summed E-state index contributed by atoms with van der Waals surface area (Å²) in [5.74, 6) is 0.643. The van der Waals surface area contributed by atoms with Crippen molar-refractivity contribution in [1.82, 2.24) is 4.90 Å². The summed E-state index contributed by atoms with van der Waals surface area (Å²) in [6.45, 7) is 6.08. The molecule has 166 valence electrons. The smallest absolute Gasteiger partial charge is 0.338 e. The van der Waals surface area contributed by atoms with E-state index in [0.717, 1.165) is 5.56 Å². The van der Waals surface area contributed by atoms with Crippen LogP contribution in [0.3, 0.4) is 0 Å². The molecule has 0 unspecified atom stereocenters. The van der Waals surface area contributed by atoms with Crippen molar-refractivity contribution in [3.05, 3.63) is 71.2 Å². The van der Waals surface area contributed by atoms with Crippen molar-refractivity contribution in [2.75, 3.05) is 27.4 Å². The second-order valence-electron chi connectivity index (χ2n) is 6.65. The molecule has 0 radical (unpaired) electrons. The Morgan fingerprint density at radius 2 is 1.94 bits per heavy atom. The molecule has 0 bridgehead atoms. The Bertz CT molecular complexity index is 1080. The first-order chi connectivity index (χ1) is 15.5. The Hall–Kier alpha value is -3.52. The third-order valence-electron chi connectivity index (χ3n) is 4.45. The molecule has 0 aliphatic carbocycles. The van der Waals surface area contributed by atoms with Crippen LogP contribution in [0.15, 0.2) is 65.0 Å². The number of benzene rings is 2. The summed E-state index contributed by atoms with van der Waals surface area (Å²) >= 11 is 1.28. The van der Waals surface area contributed by atoms with Crippen LogP contribution in [-0.2, 0) is 9.53 Å². The average molecular weight is 453 g/mol. The number of hydrogen-bond acceptors (Lipinski definition) is 7. The highest BCUT2D eigenvalue weighted by molar-refractivity contribution is 8.18.